The monoisotopic (exact) mass is 338 g/mol. The van der Waals surface area contributed by atoms with Crippen LogP contribution in [0.2, 0.25) is 0 Å². The minimum Gasteiger partial charge on any atom is -0.369 e. The molecule has 1 fully saturated rings. The van der Waals surface area contributed by atoms with Gasteiger partial charge in [0.15, 0.2) is 0 Å². The van der Waals surface area contributed by atoms with Crippen LogP contribution in [0.1, 0.15) is 24.8 Å². The van der Waals surface area contributed by atoms with E-state index < -0.39 is 0 Å². The zero-order valence-corrected chi connectivity index (χ0v) is 12.9. The lowest BCUT2D eigenvalue weighted by atomic mass is 9.96. The van der Waals surface area contributed by atoms with Crippen LogP contribution in [0.5, 0.6) is 0 Å². The van der Waals surface area contributed by atoms with Crippen LogP contribution in [0.15, 0.2) is 28.7 Å². The van der Waals surface area contributed by atoms with Crippen LogP contribution in [-0.2, 0) is 16.0 Å². The zero-order valence-electron chi connectivity index (χ0n) is 11.3. The van der Waals surface area contributed by atoms with E-state index in [0.29, 0.717) is 32.4 Å². The number of primary amides is 1. The lowest BCUT2D eigenvalue weighted by Gasteiger charge is -2.30. The molecule has 0 spiro atoms. The highest BCUT2D eigenvalue weighted by molar-refractivity contribution is 9.10. The summed E-state index contributed by atoms with van der Waals surface area (Å²) in [5.74, 6) is -0.156. The fraction of sp³-hybridized carbons (Fsp3) is 0.467. The highest BCUT2D eigenvalue weighted by atomic mass is 79.9. The maximum Gasteiger partial charge on any atom is 0.222 e. The molecule has 0 aromatic heterocycles. The van der Waals surface area contributed by atoms with Crippen LogP contribution in [0, 0.1) is 5.92 Å². The van der Waals surface area contributed by atoms with Gasteiger partial charge in [-0.25, -0.2) is 0 Å². The van der Waals surface area contributed by atoms with E-state index in [-0.39, 0.29) is 17.7 Å². The van der Waals surface area contributed by atoms with Gasteiger partial charge < -0.3 is 10.6 Å². The molecule has 0 aliphatic carbocycles. The van der Waals surface area contributed by atoms with Gasteiger partial charge >= 0.3 is 0 Å². The topological polar surface area (TPSA) is 63.4 Å². The third-order valence-corrected chi connectivity index (χ3v) is 4.59. The molecule has 1 heterocycles. The minimum atomic E-state index is -0.245. The number of benzene rings is 1. The molecule has 0 unspecified atom stereocenters. The number of amides is 2. The van der Waals surface area contributed by atoms with E-state index in [1.807, 2.05) is 29.2 Å². The van der Waals surface area contributed by atoms with Crippen LogP contribution in [0.3, 0.4) is 0 Å². The quantitative estimate of drug-likeness (QED) is 0.913. The molecule has 5 heteroatoms. The second-order valence-corrected chi connectivity index (χ2v) is 6.00. The Labute approximate surface area is 127 Å². The summed E-state index contributed by atoms with van der Waals surface area (Å²) in [5, 5.41) is 0. The Balaban J connectivity index is 1.82. The number of carbonyl (C=O) groups is 2. The van der Waals surface area contributed by atoms with Crippen molar-refractivity contribution < 1.29 is 9.59 Å². The Morgan fingerprint density at radius 1 is 1.25 bits per heavy atom. The maximum absolute atomic E-state index is 12.2. The van der Waals surface area contributed by atoms with Crippen LogP contribution in [0.25, 0.3) is 0 Å². The molecule has 1 aromatic rings. The number of carbonyl (C=O) groups excluding carboxylic acids is 2. The summed E-state index contributed by atoms with van der Waals surface area (Å²) in [6, 6.07) is 7.95. The SMILES string of the molecule is NC(=O)C1CCN(C(=O)CCc2ccccc2Br)CC1. The lowest BCUT2D eigenvalue weighted by Crippen LogP contribution is -2.41. The highest BCUT2D eigenvalue weighted by Crippen LogP contribution is 2.20. The Morgan fingerprint density at radius 2 is 1.90 bits per heavy atom. The second-order valence-electron chi connectivity index (χ2n) is 5.15. The normalized spacial score (nSPS) is 16.1. The van der Waals surface area contributed by atoms with E-state index in [1.165, 1.54) is 0 Å². The maximum atomic E-state index is 12.2. The van der Waals surface area contributed by atoms with Gasteiger partial charge in [-0.3, -0.25) is 9.59 Å². The number of aryl methyl sites for hydroxylation is 1. The number of hydrogen-bond donors (Lipinski definition) is 1. The van der Waals surface area contributed by atoms with E-state index in [9.17, 15) is 9.59 Å². The summed E-state index contributed by atoms with van der Waals surface area (Å²) in [4.78, 5) is 25.1. The summed E-state index contributed by atoms with van der Waals surface area (Å²) >= 11 is 3.49. The Morgan fingerprint density at radius 3 is 2.50 bits per heavy atom. The average molecular weight is 339 g/mol. The largest absolute Gasteiger partial charge is 0.369 e. The standard InChI is InChI=1S/C15H19BrN2O2/c16-13-4-2-1-3-11(13)5-6-14(19)18-9-7-12(8-10-18)15(17)20/h1-4,12H,5-10H2,(H2,17,20). The first-order valence-electron chi connectivity index (χ1n) is 6.88. The van der Waals surface area contributed by atoms with E-state index in [4.69, 9.17) is 5.73 Å². The van der Waals surface area contributed by atoms with E-state index in [0.717, 1.165) is 16.5 Å². The van der Waals surface area contributed by atoms with Gasteiger partial charge in [0, 0.05) is 29.9 Å². The van der Waals surface area contributed by atoms with Gasteiger partial charge in [0.05, 0.1) is 0 Å². The summed E-state index contributed by atoms with van der Waals surface area (Å²) in [5.41, 5.74) is 6.44. The van der Waals surface area contributed by atoms with Crippen molar-refractivity contribution in [3.05, 3.63) is 34.3 Å². The summed E-state index contributed by atoms with van der Waals surface area (Å²) in [7, 11) is 0. The molecule has 4 nitrogen and oxygen atoms in total. The molecule has 0 atom stereocenters. The molecule has 0 radical (unpaired) electrons. The third kappa shape index (κ3) is 3.82. The molecule has 1 aromatic carbocycles. The number of rotatable bonds is 4. The van der Waals surface area contributed by atoms with Gasteiger partial charge in [0.1, 0.15) is 0 Å². The molecule has 2 amide bonds. The second kappa shape index (κ2) is 6.88. The van der Waals surface area contributed by atoms with Crippen molar-refractivity contribution in [2.45, 2.75) is 25.7 Å². The number of hydrogen-bond acceptors (Lipinski definition) is 2. The van der Waals surface area contributed by atoms with Gasteiger partial charge in [0.25, 0.3) is 0 Å². The summed E-state index contributed by atoms with van der Waals surface area (Å²) < 4.78 is 1.04. The van der Waals surface area contributed by atoms with Gasteiger partial charge in [0.2, 0.25) is 11.8 Å². The van der Waals surface area contributed by atoms with Crippen molar-refractivity contribution in [3.8, 4) is 0 Å². The van der Waals surface area contributed by atoms with Crippen molar-refractivity contribution in [2.24, 2.45) is 11.7 Å². The predicted molar refractivity (Wildman–Crippen MR) is 81.0 cm³/mol. The molecular weight excluding hydrogens is 320 g/mol. The Hall–Kier alpha value is -1.36. The van der Waals surface area contributed by atoms with Crippen molar-refractivity contribution in [1.82, 2.24) is 4.90 Å². The van der Waals surface area contributed by atoms with Crippen LogP contribution >= 0.6 is 15.9 Å². The number of nitrogens with zero attached hydrogens (tertiary/aromatic N) is 1. The Bertz CT molecular complexity index is 496. The molecule has 2 rings (SSSR count). The molecule has 20 heavy (non-hydrogen) atoms. The first-order valence-corrected chi connectivity index (χ1v) is 7.67. The van der Waals surface area contributed by atoms with Crippen LogP contribution in [0.4, 0.5) is 0 Å². The van der Waals surface area contributed by atoms with Gasteiger partial charge in [-0.1, -0.05) is 34.1 Å². The molecule has 1 aliphatic heterocycles. The minimum absolute atomic E-state index is 0.0673. The average Bonchev–Trinajstić information content (AvgIpc) is 2.46. The molecule has 1 aliphatic rings. The van der Waals surface area contributed by atoms with E-state index in [2.05, 4.69) is 15.9 Å². The van der Waals surface area contributed by atoms with Crippen LogP contribution < -0.4 is 5.73 Å². The predicted octanol–water partition coefficient (Wildman–Crippen LogP) is 2.11. The van der Waals surface area contributed by atoms with Crippen molar-refractivity contribution in [2.75, 3.05) is 13.1 Å². The van der Waals surface area contributed by atoms with E-state index in [1.54, 1.807) is 0 Å². The summed E-state index contributed by atoms with van der Waals surface area (Å²) in [6.07, 6.45) is 2.62. The van der Waals surface area contributed by atoms with Crippen molar-refractivity contribution in [1.29, 1.82) is 0 Å². The molecule has 0 bridgehead atoms. The summed E-state index contributed by atoms with van der Waals surface area (Å²) in [6.45, 7) is 1.28. The first-order chi connectivity index (χ1) is 9.58. The number of halogens is 1. The van der Waals surface area contributed by atoms with Gasteiger partial charge in [-0.05, 0) is 30.9 Å². The third-order valence-electron chi connectivity index (χ3n) is 3.82. The molecule has 2 N–H and O–H groups in total. The van der Waals surface area contributed by atoms with Crippen molar-refractivity contribution >= 4 is 27.7 Å². The molecule has 0 saturated carbocycles. The zero-order chi connectivity index (χ0) is 14.5. The highest BCUT2D eigenvalue weighted by Gasteiger charge is 2.25. The molecular formula is C15H19BrN2O2. The van der Waals surface area contributed by atoms with Gasteiger partial charge in [-0.15, -0.1) is 0 Å². The Kier molecular flexibility index (Phi) is 5.17. The van der Waals surface area contributed by atoms with Crippen molar-refractivity contribution in [3.63, 3.8) is 0 Å². The lowest BCUT2D eigenvalue weighted by molar-refractivity contribution is -0.134. The first kappa shape index (κ1) is 15.0. The molecule has 108 valence electrons. The number of piperidine rings is 1. The number of likely N-dealkylation sites (tertiary alicyclic amines) is 1. The van der Waals surface area contributed by atoms with E-state index >= 15 is 0 Å². The molecule has 1 saturated heterocycles. The fourth-order valence-electron chi connectivity index (χ4n) is 2.51. The fourth-order valence-corrected chi connectivity index (χ4v) is 3.00. The number of nitrogens with two attached hydrogens (primary N) is 1. The van der Waals surface area contributed by atoms with Gasteiger partial charge in [-0.2, -0.15) is 0 Å². The smallest absolute Gasteiger partial charge is 0.222 e. The van der Waals surface area contributed by atoms with Crippen LogP contribution in [-0.4, -0.2) is 29.8 Å².